The predicted molar refractivity (Wildman–Crippen MR) is 27.7 cm³/mol. The van der Waals surface area contributed by atoms with Crippen molar-refractivity contribution in [3.63, 3.8) is 0 Å². The molecule has 0 rings (SSSR count). The predicted octanol–water partition coefficient (Wildman–Crippen LogP) is 0.474. The van der Waals surface area contributed by atoms with Gasteiger partial charge in [-0.2, -0.15) is 0 Å². The quantitative estimate of drug-likeness (QED) is 0.420. The second-order valence-corrected chi connectivity index (χ2v) is 1.23. The van der Waals surface area contributed by atoms with Gasteiger partial charge in [0.25, 0.3) is 6.43 Å². The number of rotatable bonds is 3. The molecule has 8 heavy (non-hydrogen) atoms. The summed E-state index contributed by atoms with van der Waals surface area (Å²) >= 11 is 0. The number of nitrogens with one attached hydrogen (secondary N) is 1. The lowest BCUT2D eigenvalue weighted by Gasteiger charge is -1.95. The van der Waals surface area contributed by atoms with E-state index >= 15 is 0 Å². The maximum atomic E-state index is 11.2. The Morgan fingerprint density at radius 3 is 2.62 bits per heavy atom. The molecule has 0 aromatic heterocycles. The summed E-state index contributed by atoms with van der Waals surface area (Å²) in [5, 5.41) is 2.35. The molecule has 0 aliphatic heterocycles. The SMILES string of the molecule is C#CCNCC(F)F. The molecule has 0 unspecified atom stereocenters. The van der Waals surface area contributed by atoms with Gasteiger partial charge >= 0.3 is 0 Å². The largest absolute Gasteiger partial charge is 0.301 e. The summed E-state index contributed by atoms with van der Waals surface area (Å²) in [6.07, 6.45) is 2.45. The van der Waals surface area contributed by atoms with Gasteiger partial charge in [0.05, 0.1) is 13.1 Å². The second-order valence-electron chi connectivity index (χ2n) is 1.23. The van der Waals surface area contributed by atoms with E-state index in [1.807, 2.05) is 0 Å². The highest BCUT2D eigenvalue weighted by atomic mass is 19.3. The molecule has 3 heteroatoms. The zero-order chi connectivity index (χ0) is 6.41. The summed E-state index contributed by atoms with van der Waals surface area (Å²) < 4.78 is 22.5. The van der Waals surface area contributed by atoms with Crippen molar-refractivity contribution in [1.82, 2.24) is 5.32 Å². The van der Waals surface area contributed by atoms with Crippen LogP contribution in [0.1, 0.15) is 0 Å². The average Bonchev–Trinajstić information content (AvgIpc) is 1.66. The van der Waals surface area contributed by atoms with E-state index in [-0.39, 0.29) is 13.1 Å². The first-order valence-electron chi connectivity index (χ1n) is 2.19. The molecule has 1 N–H and O–H groups in total. The average molecular weight is 119 g/mol. The van der Waals surface area contributed by atoms with Crippen molar-refractivity contribution in [2.24, 2.45) is 0 Å². The Balaban J connectivity index is 2.85. The smallest absolute Gasteiger partial charge is 0.250 e. The molecule has 0 saturated carbocycles. The van der Waals surface area contributed by atoms with Gasteiger partial charge in [0, 0.05) is 0 Å². The number of hydrogen-bond acceptors (Lipinski definition) is 1. The van der Waals surface area contributed by atoms with E-state index in [9.17, 15) is 8.78 Å². The van der Waals surface area contributed by atoms with Crippen molar-refractivity contribution in [2.45, 2.75) is 6.43 Å². The highest BCUT2D eigenvalue weighted by molar-refractivity contribution is 4.86. The molecule has 0 atom stereocenters. The number of alkyl halides is 2. The summed E-state index contributed by atoms with van der Waals surface area (Å²) in [5.74, 6) is 2.18. The highest BCUT2D eigenvalue weighted by Gasteiger charge is 1.97. The van der Waals surface area contributed by atoms with Crippen LogP contribution in [0.3, 0.4) is 0 Å². The molecule has 0 bridgehead atoms. The molecule has 0 radical (unpaired) electrons. The molecule has 0 aliphatic carbocycles. The second kappa shape index (κ2) is 4.54. The van der Waals surface area contributed by atoms with Gasteiger partial charge in [-0.1, -0.05) is 5.92 Å². The molecule has 0 heterocycles. The third-order valence-electron chi connectivity index (χ3n) is 0.526. The van der Waals surface area contributed by atoms with Gasteiger partial charge in [-0.3, -0.25) is 0 Å². The first kappa shape index (κ1) is 7.38. The minimum atomic E-state index is -2.30. The van der Waals surface area contributed by atoms with Crippen LogP contribution in [0.25, 0.3) is 0 Å². The topological polar surface area (TPSA) is 12.0 Å². The Morgan fingerprint density at radius 1 is 1.62 bits per heavy atom. The van der Waals surface area contributed by atoms with Crippen LogP contribution in [0, 0.1) is 12.3 Å². The standard InChI is InChI=1S/C5H7F2N/c1-2-3-8-4-5(6)7/h1,5,8H,3-4H2. The van der Waals surface area contributed by atoms with Gasteiger partial charge in [-0.25, -0.2) is 8.78 Å². The summed E-state index contributed by atoms with van der Waals surface area (Å²) in [4.78, 5) is 0. The first-order chi connectivity index (χ1) is 3.77. The van der Waals surface area contributed by atoms with Crippen molar-refractivity contribution < 1.29 is 8.78 Å². The van der Waals surface area contributed by atoms with Gasteiger partial charge in [-0.15, -0.1) is 6.42 Å². The van der Waals surface area contributed by atoms with Crippen LogP contribution in [0.2, 0.25) is 0 Å². The molecule has 0 spiro atoms. The zero-order valence-electron chi connectivity index (χ0n) is 4.32. The summed E-state index contributed by atoms with van der Waals surface area (Å²) in [5.41, 5.74) is 0. The van der Waals surface area contributed by atoms with E-state index in [1.165, 1.54) is 0 Å². The lowest BCUT2D eigenvalue weighted by atomic mass is 10.6. The van der Waals surface area contributed by atoms with Crippen LogP contribution in [0.15, 0.2) is 0 Å². The molecule has 0 aromatic rings. The molecule has 0 aliphatic rings. The molecular formula is C5H7F2N. The van der Waals surface area contributed by atoms with E-state index < -0.39 is 6.43 Å². The number of halogens is 2. The zero-order valence-corrected chi connectivity index (χ0v) is 4.32. The Hall–Kier alpha value is -0.620. The van der Waals surface area contributed by atoms with Gasteiger partial charge in [0.1, 0.15) is 0 Å². The van der Waals surface area contributed by atoms with Gasteiger partial charge in [0.15, 0.2) is 0 Å². The third-order valence-corrected chi connectivity index (χ3v) is 0.526. The Labute approximate surface area is 47.1 Å². The minimum absolute atomic E-state index is 0.213. The monoisotopic (exact) mass is 119 g/mol. The van der Waals surface area contributed by atoms with Crippen molar-refractivity contribution >= 4 is 0 Å². The van der Waals surface area contributed by atoms with E-state index in [0.29, 0.717) is 0 Å². The van der Waals surface area contributed by atoms with Crippen LogP contribution in [0.5, 0.6) is 0 Å². The van der Waals surface area contributed by atoms with E-state index in [0.717, 1.165) is 0 Å². The normalized spacial score (nSPS) is 9.25. The van der Waals surface area contributed by atoms with Crippen LogP contribution in [-0.4, -0.2) is 19.5 Å². The van der Waals surface area contributed by atoms with Crippen molar-refractivity contribution in [3.05, 3.63) is 0 Å². The van der Waals surface area contributed by atoms with Crippen molar-refractivity contribution in [3.8, 4) is 12.3 Å². The van der Waals surface area contributed by atoms with E-state index in [4.69, 9.17) is 6.42 Å². The Bertz CT molecular complexity index is 84.9. The van der Waals surface area contributed by atoms with E-state index in [2.05, 4.69) is 11.2 Å². The molecular weight excluding hydrogens is 112 g/mol. The van der Waals surface area contributed by atoms with Crippen LogP contribution < -0.4 is 5.32 Å². The Morgan fingerprint density at radius 2 is 2.25 bits per heavy atom. The number of hydrogen-bond donors (Lipinski definition) is 1. The van der Waals surface area contributed by atoms with E-state index in [1.54, 1.807) is 0 Å². The third kappa shape index (κ3) is 5.38. The highest BCUT2D eigenvalue weighted by Crippen LogP contribution is 1.85. The fraction of sp³-hybridized carbons (Fsp3) is 0.600. The van der Waals surface area contributed by atoms with Crippen molar-refractivity contribution in [2.75, 3.05) is 13.1 Å². The van der Waals surface area contributed by atoms with Gasteiger partial charge < -0.3 is 5.32 Å². The number of terminal acetylenes is 1. The lowest BCUT2D eigenvalue weighted by Crippen LogP contribution is -2.20. The fourth-order valence-corrected chi connectivity index (χ4v) is 0.253. The maximum absolute atomic E-state index is 11.2. The molecule has 46 valence electrons. The lowest BCUT2D eigenvalue weighted by molar-refractivity contribution is 0.147. The summed E-state index contributed by atoms with van der Waals surface area (Å²) in [6, 6.07) is 0. The molecule has 0 aromatic carbocycles. The fourth-order valence-electron chi connectivity index (χ4n) is 0.253. The van der Waals surface area contributed by atoms with Crippen LogP contribution in [0.4, 0.5) is 8.78 Å². The van der Waals surface area contributed by atoms with Gasteiger partial charge in [0.2, 0.25) is 0 Å². The summed E-state index contributed by atoms with van der Waals surface area (Å²) in [6.45, 7) is -0.103. The maximum Gasteiger partial charge on any atom is 0.250 e. The van der Waals surface area contributed by atoms with Gasteiger partial charge in [-0.05, 0) is 0 Å². The van der Waals surface area contributed by atoms with Crippen LogP contribution in [-0.2, 0) is 0 Å². The van der Waals surface area contributed by atoms with Crippen LogP contribution >= 0.6 is 0 Å². The molecule has 0 saturated heterocycles. The van der Waals surface area contributed by atoms with Crippen molar-refractivity contribution in [1.29, 1.82) is 0 Å². The first-order valence-corrected chi connectivity index (χ1v) is 2.19. The Kier molecular flexibility index (Phi) is 4.19. The molecule has 0 amide bonds. The minimum Gasteiger partial charge on any atom is -0.301 e. The molecule has 1 nitrogen and oxygen atoms in total. The summed E-state index contributed by atoms with van der Waals surface area (Å²) in [7, 11) is 0. The molecule has 0 fully saturated rings.